The van der Waals surface area contributed by atoms with Gasteiger partial charge in [0.25, 0.3) is 5.88 Å². The highest BCUT2D eigenvalue weighted by atomic mass is 16.5. The molecule has 0 bridgehead atoms. The quantitative estimate of drug-likeness (QED) is 0.745. The fourth-order valence-electron chi connectivity index (χ4n) is 2.79. The van der Waals surface area contributed by atoms with Crippen LogP contribution in [0.5, 0.6) is 5.88 Å². The summed E-state index contributed by atoms with van der Waals surface area (Å²) in [6.07, 6.45) is 5.87. The van der Waals surface area contributed by atoms with Gasteiger partial charge in [0.15, 0.2) is 0 Å². The zero-order valence-corrected chi connectivity index (χ0v) is 14.3. The number of ether oxygens (including phenoxy) is 2. The summed E-state index contributed by atoms with van der Waals surface area (Å²) in [7, 11) is 1.53. The monoisotopic (exact) mass is 346 g/mol. The number of amides is 1. The number of nitrogens with zero attached hydrogens (tertiary/aromatic N) is 4. The Morgan fingerprint density at radius 1 is 1.44 bits per heavy atom. The molecule has 0 radical (unpaired) electrons. The van der Waals surface area contributed by atoms with Crippen LogP contribution in [-0.2, 0) is 22.4 Å². The highest BCUT2D eigenvalue weighted by Gasteiger charge is 2.24. The molecule has 8 heteroatoms. The van der Waals surface area contributed by atoms with E-state index in [1.165, 1.54) is 7.11 Å². The van der Waals surface area contributed by atoms with Gasteiger partial charge in [-0.1, -0.05) is 0 Å². The van der Waals surface area contributed by atoms with Crippen LogP contribution in [0.25, 0.3) is 0 Å². The Hall–Kier alpha value is -2.48. The summed E-state index contributed by atoms with van der Waals surface area (Å²) in [5.41, 5.74) is 0.987. The molecule has 0 aliphatic carbocycles. The maximum absolute atomic E-state index is 12.4. The number of hydrogen-bond donors (Lipinski definition) is 0. The van der Waals surface area contributed by atoms with Crippen LogP contribution in [0.1, 0.15) is 24.3 Å². The molecule has 1 amide bonds. The molecular weight excluding hydrogens is 324 g/mol. The summed E-state index contributed by atoms with van der Waals surface area (Å²) in [5.74, 6) is 1.18. The van der Waals surface area contributed by atoms with Gasteiger partial charge in [-0.3, -0.25) is 4.79 Å². The second-order valence-electron chi connectivity index (χ2n) is 5.91. The number of carbonyl (C=O) groups is 1. The summed E-state index contributed by atoms with van der Waals surface area (Å²) in [6, 6.07) is 3.61. The van der Waals surface area contributed by atoms with Crippen LogP contribution in [-0.4, -0.2) is 58.8 Å². The van der Waals surface area contributed by atoms with Gasteiger partial charge in [-0.25, -0.2) is 9.97 Å². The summed E-state index contributed by atoms with van der Waals surface area (Å²) < 4.78 is 15.9. The van der Waals surface area contributed by atoms with E-state index >= 15 is 0 Å². The van der Waals surface area contributed by atoms with E-state index in [0.29, 0.717) is 44.2 Å². The van der Waals surface area contributed by atoms with Gasteiger partial charge in [-0.15, -0.1) is 0 Å². The highest BCUT2D eigenvalue weighted by molar-refractivity contribution is 5.76. The van der Waals surface area contributed by atoms with Gasteiger partial charge in [0.05, 0.1) is 19.8 Å². The molecule has 134 valence electrons. The molecule has 2 aromatic heterocycles. The van der Waals surface area contributed by atoms with Crippen molar-refractivity contribution in [2.75, 3.05) is 26.8 Å². The summed E-state index contributed by atoms with van der Waals surface area (Å²) >= 11 is 0. The molecule has 0 spiro atoms. The van der Waals surface area contributed by atoms with Gasteiger partial charge in [0, 0.05) is 43.9 Å². The van der Waals surface area contributed by atoms with Crippen molar-refractivity contribution in [1.82, 2.24) is 20.0 Å². The van der Waals surface area contributed by atoms with Crippen molar-refractivity contribution in [3.63, 3.8) is 0 Å². The van der Waals surface area contributed by atoms with Crippen LogP contribution in [0.4, 0.5) is 0 Å². The number of hydrogen-bond acceptors (Lipinski definition) is 7. The predicted molar refractivity (Wildman–Crippen MR) is 88.0 cm³/mol. The Morgan fingerprint density at radius 3 is 3.12 bits per heavy atom. The van der Waals surface area contributed by atoms with E-state index in [0.717, 1.165) is 18.5 Å². The van der Waals surface area contributed by atoms with Crippen LogP contribution in [0, 0.1) is 0 Å². The lowest BCUT2D eigenvalue weighted by molar-refractivity contribution is -0.139. The average Bonchev–Trinajstić information content (AvgIpc) is 3.14. The van der Waals surface area contributed by atoms with E-state index in [1.807, 2.05) is 11.0 Å². The maximum Gasteiger partial charge on any atom is 0.254 e. The second-order valence-corrected chi connectivity index (χ2v) is 5.91. The predicted octanol–water partition coefficient (Wildman–Crippen LogP) is 1.27. The molecule has 2 aromatic rings. The van der Waals surface area contributed by atoms with E-state index < -0.39 is 0 Å². The Balaban J connectivity index is 1.44. The normalized spacial score (nSPS) is 17.5. The molecular formula is C17H22N4O4. The SMILES string of the molecule is COc1cc(CCC(=O)N2CCOC(CCc3ccncn3)C2)on1. The van der Waals surface area contributed by atoms with Crippen LogP contribution in [0.15, 0.2) is 29.2 Å². The first kappa shape index (κ1) is 17.3. The van der Waals surface area contributed by atoms with Crippen LogP contribution < -0.4 is 4.74 Å². The lowest BCUT2D eigenvalue weighted by Crippen LogP contribution is -2.45. The Bertz CT molecular complexity index is 676. The number of carbonyl (C=O) groups excluding carboxylic acids is 1. The van der Waals surface area contributed by atoms with Gasteiger partial charge in [-0.05, 0) is 24.1 Å². The molecule has 1 atom stereocenters. The lowest BCUT2D eigenvalue weighted by atomic mass is 10.1. The molecule has 0 N–H and O–H groups in total. The molecule has 0 saturated carbocycles. The van der Waals surface area contributed by atoms with E-state index in [9.17, 15) is 4.79 Å². The fraction of sp³-hybridized carbons (Fsp3) is 0.529. The minimum Gasteiger partial charge on any atom is -0.479 e. The summed E-state index contributed by atoms with van der Waals surface area (Å²) in [5, 5.41) is 3.74. The molecule has 3 rings (SSSR count). The summed E-state index contributed by atoms with van der Waals surface area (Å²) in [6.45, 7) is 1.81. The number of aromatic nitrogens is 3. The van der Waals surface area contributed by atoms with E-state index in [2.05, 4.69) is 15.1 Å². The first-order chi connectivity index (χ1) is 12.2. The smallest absolute Gasteiger partial charge is 0.254 e. The molecule has 1 aliphatic heterocycles. The van der Waals surface area contributed by atoms with Crippen molar-refractivity contribution in [2.24, 2.45) is 0 Å². The Labute approximate surface area is 146 Å². The van der Waals surface area contributed by atoms with E-state index in [1.54, 1.807) is 18.6 Å². The molecule has 8 nitrogen and oxygen atoms in total. The standard InChI is InChI=1S/C17H22N4O4/c1-23-16-10-14(25-20-16)4-5-17(22)21-8-9-24-15(11-21)3-2-13-6-7-18-12-19-13/h6-7,10,12,15H,2-5,8-9,11H2,1H3. The summed E-state index contributed by atoms with van der Waals surface area (Å²) in [4.78, 5) is 22.4. The van der Waals surface area contributed by atoms with Crippen LogP contribution in [0.2, 0.25) is 0 Å². The zero-order valence-electron chi connectivity index (χ0n) is 14.3. The third-order valence-corrected chi connectivity index (χ3v) is 4.19. The van der Waals surface area contributed by atoms with Crippen molar-refractivity contribution in [3.8, 4) is 5.88 Å². The number of aryl methyl sites for hydroxylation is 2. The van der Waals surface area contributed by atoms with E-state index in [-0.39, 0.29) is 12.0 Å². The molecule has 1 aliphatic rings. The van der Waals surface area contributed by atoms with Crippen LogP contribution >= 0.6 is 0 Å². The zero-order chi connectivity index (χ0) is 17.5. The van der Waals surface area contributed by atoms with Gasteiger partial charge < -0.3 is 18.9 Å². The fourth-order valence-corrected chi connectivity index (χ4v) is 2.79. The van der Waals surface area contributed by atoms with Crippen molar-refractivity contribution < 1.29 is 18.8 Å². The third kappa shape index (κ3) is 4.99. The maximum atomic E-state index is 12.4. The first-order valence-electron chi connectivity index (χ1n) is 8.38. The topological polar surface area (TPSA) is 90.6 Å². The van der Waals surface area contributed by atoms with Crippen molar-refractivity contribution in [3.05, 3.63) is 36.1 Å². The van der Waals surface area contributed by atoms with Crippen molar-refractivity contribution >= 4 is 5.91 Å². The van der Waals surface area contributed by atoms with Gasteiger partial charge in [-0.2, -0.15) is 0 Å². The number of methoxy groups -OCH3 is 1. The minimum atomic E-state index is 0.0399. The second kappa shape index (κ2) is 8.57. The highest BCUT2D eigenvalue weighted by Crippen LogP contribution is 2.15. The molecule has 0 aromatic carbocycles. The Kier molecular flexibility index (Phi) is 5.95. The Morgan fingerprint density at radius 2 is 2.36 bits per heavy atom. The average molecular weight is 346 g/mol. The lowest BCUT2D eigenvalue weighted by Gasteiger charge is -2.33. The van der Waals surface area contributed by atoms with E-state index in [4.69, 9.17) is 14.0 Å². The minimum absolute atomic E-state index is 0.0399. The van der Waals surface area contributed by atoms with Gasteiger partial charge >= 0.3 is 0 Å². The van der Waals surface area contributed by atoms with Crippen molar-refractivity contribution in [2.45, 2.75) is 31.8 Å². The number of morpholine rings is 1. The molecule has 1 saturated heterocycles. The largest absolute Gasteiger partial charge is 0.479 e. The molecule has 1 unspecified atom stereocenters. The molecule has 25 heavy (non-hydrogen) atoms. The third-order valence-electron chi connectivity index (χ3n) is 4.19. The van der Waals surface area contributed by atoms with Crippen molar-refractivity contribution in [1.29, 1.82) is 0 Å². The molecule has 1 fully saturated rings. The number of rotatable bonds is 7. The first-order valence-corrected chi connectivity index (χ1v) is 8.38. The van der Waals surface area contributed by atoms with Crippen LogP contribution in [0.3, 0.4) is 0 Å². The van der Waals surface area contributed by atoms with Gasteiger partial charge in [0.1, 0.15) is 12.1 Å². The molecule has 3 heterocycles. The van der Waals surface area contributed by atoms with Gasteiger partial charge in [0.2, 0.25) is 5.91 Å².